The molecular weight excluding hydrogens is 238 g/mol. The Hall–Kier alpha value is -1.03. The van der Waals surface area contributed by atoms with Gasteiger partial charge in [0.05, 0.1) is 19.8 Å². The maximum atomic E-state index is 6.09. The molecule has 1 aliphatic heterocycles. The van der Waals surface area contributed by atoms with Crippen molar-refractivity contribution in [2.24, 2.45) is 16.1 Å². The number of hydrogen-bond donors (Lipinski definition) is 1. The molecule has 0 saturated carbocycles. The summed E-state index contributed by atoms with van der Waals surface area (Å²) in [6.07, 6.45) is 7.50. The lowest BCUT2D eigenvalue weighted by atomic mass is 9.78. The van der Waals surface area contributed by atoms with Gasteiger partial charge in [-0.15, -0.1) is 0 Å². The van der Waals surface area contributed by atoms with E-state index in [0.29, 0.717) is 5.96 Å². The lowest BCUT2D eigenvalue weighted by Gasteiger charge is -2.31. The monoisotopic (exact) mass is 265 g/mol. The van der Waals surface area contributed by atoms with Crippen LogP contribution in [0.4, 0.5) is 0 Å². The van der Waals surface area contributed by atoms with Crippen molar-refractivity contribution >= 4 is 5.96 Å². The van der Waals surface area contributed by atoms with Gasteiger partial charge >= 0.3 is 0 Å². The van der Waals surface area contributed by atoms with E-state index in [1.807, 2.05) is 0 Å². The topological polar surface area (TPSA) is 50.8 Å². The second kappa shape index (κ2) is 6.42. The predicted octanol–water partition coefficient (Wildman–Crippen LogP) is 2.16. The molecule has 4 nitrogen and oxygen atoms in total. The highest BCUT2D eigenvalue weighted by molar-refractivity contribution is 5.78. The van der Waals surface area contributed by atoms with Gasteiger partial charge in [-0.05, 0) is 25.7 Å². The first-order valence-electron chi connectivity index (χ1n) is 7.42. The summed E-state index contributed by atoms with van der Waals surface area (Å²) < 4.78 is 5.33. The zero-order chi connectivity index (χ0) is 13.7. The van der Waals surface area contributed by atoms with Gasteiger partial charge in [-0.2, -0.15) is 0 Å². The molecule has 0 aromatic heterocycles. The van der Waals surface area contributed by atoms with Crippen LogP contribution in [0.15, 0.2) is 16.6 Å². The minimum Gasteiger partial charge on any atom is -0.378 e. The van der Waals surface area contributed by atoms with E-state index >= 15 is 0 Å². The van der Waals surface area contributed by atoms with Gasteiger partial charge < -0.3 is 15.4 Å². The van der Waals surface area contributed by atoms with Crippen LogP contribution >= 0.6 is 0 Å². The third-order valence-corrected chi connectivity index (χ3v) is 4.13. The zero-order valence-corrected chi connectivity index (χ0v) is 12.3. The molecule has 1 aliphatic carbocycles. The first kappa shape index (κ1) is 14.4. The molecule has 2 aliphatic rings. The quantitative estimate of drug-likeness (QED) is 0.483. The van der Waals surface area contributed by atoms with Crippen molar-refractivity contribution in [3.05, 3.63) is 11.6 Å². The Kier molecular flexibility index (Phi) is 4.86. The van der Waals surface area contributed by atoms with Crippen LogP contribution < -0.4 is 5.73 Å². The number of nitrogens with two attached hydrogens (primary N) is 1. The predicted molar refractivity (Wildman–Crippen MR) is 79.2 cm³/mol. The molecule has 0 unspecified atom stereocenters. The molecule has 1 heterocycles. The third-order valence-electron chi connectivity index (χ3n) is 4.13. The lowest BCUT2D eigenvalue weighted by molar-refractivity contribution is 0.0673. The van der Waals surface area contributed by atoms with E-state index in [1.165, 1.54) is 25.7 Å². The molecule has 0 bridgehead atoms. The van der Waals surface area contributed by atoms with Crippen molar-refractivity contribution in [1.82, 2.24) is 4.90 Å². The largest absolute Gasteiger partial charge is 0.378 e. The summed E-state index contributed by atoms with van der Waals surface area (Å²) in [4.78, 5) is 6.74. The molecule has 2 N–H and O–H groups in total. The average Bonchev–Trinajstić information content (AvgIpc) is 2.47. The van der Waals surface area contributed by atoms with E-state index < -0.39 is 0 Å². The van der Waals surface area contributed by atoms with Crippen molar-refractivity contribution in [3.8, 4) is 0 Å². The number of rotatable bonds is 3. The Balaban J connectivity index is 1.93. The second-order valence-electron chi connectivity index (χ2n) is 6.13. The molecule has 2 rings (SSSR count). The van der Waals surface area contributed by atoms with Gasteiger partial charge in [0.1, 0.15) is 0 Å². The summed E-state index contributed by atoms with van der Waals surface area (Å²) in [7, 11) is 0. The van der Waals surface area contributed by atoms with E-state index in [-0.39, 0.29) is 5.41 Å². The molecule has 1 saturated heterocycles. The van der Waals surface area contributed by atoms with Crippen molar-refractivity contribution < 1.29 is 4.74 Å². The summed E-state index contributed by atoms with van der Waals surface area (Å²) in [5.74, 6) is 0.674. The van der Waals surface area contributed by atoms with E-state index in [4.69, 9.17) is 10.5 Å². The molecular formula is C15H27N3O. The van der Waals surface area contributed by atoms with E-state index in [0.717, 1.165) is 32.8 Å². The van der Waals surface area contributed by atoms with Crippen LogP contribution in [-0.4, -0.2) is 43.7 Å². The number of morpholine rings is 1. The van der Waals surface area contributed by atoms with E-state index in [1.54, 1.807) is 5.57 Å². The fourth-order valence-corrected chi connectivity index (χ4v) is 2.73. The van der Waals surface area contributed by atoms with Crippen LogP contribution in [0.2, 0.25) is 0 Å². The zero-order valence-electron chi connectivity index (χ0n) is 12.3. The van der Waals surface area contributed by atoms with Crippen molar-refractivity contribution in [2.75, 3.05) is 32.8 Å². The van der Waals surface area contributed by atoms with Crippen LogP contribution in [0.1, 0.15) is 39.5 Å². The average molecular weight is 265 g/mol. The van der Waals surface area contributed by atoms with Gasteiger partial charge in [0, 0.05) is 18.5 Å². The Morgan fingerprint density at radius 2 is 2.11 bits per heavy atom. The highest BCUT2D eigenvalue weighted by atomic mass is 16.5. The van der Waals surface area contributed by atoms with Crippen LogP contribution in [0, 0.1) is 5.41 Å². The van der Waals surface area contributed by atoms with Crippen LogP contribution in [0.5, 0.6) is 0 Å². The molecule has 4 heteroatoms. The summed E-state index contributed by atoms with van der Waals surface area (Å²) in [6.45, 7) is 8.56. The minimum absolute atomic E-state index is 0.136. The number of hydrogen-bond acceptors (Lipinski definition) is 2. The number of allylic oxidation sites excluding steroid dienone is 1. The number of guanidine groups is 1. The Bertz CT molecular complexity index is 354. The van der Waals surface area contributed by atoms with Gasteiger partial charge in [-0.25, -0.2) is 0 Å². The van der Waals surface area contributed by atoms with Gasteiger partial charge in [0.2, 0.25) is 0 Å². The molecule has 1 fully saturated rings. The molecule has 0 amide bonds. The lowest BCUT2D eigenvalue weighted by Crippen LogP contribution is -2.45. The van der Waals surface area contributed by atoms with Crippen molar-refractivity contribution in [1.29, 1.82) is 0 Å². The fraction of sp³-hybridized carbons (Fsp3) is 0.800. The molecule has 19 heavy (non-hydrogen) atoms. The Morgan fingerprint density at radius 3 is 2.74 bits per heavy atom. The molecule has 0 radical (unpaired) electrons. The van der Waals surface area contributed by atoms with Gasteiger partial charge in [-0.3, -0.25) is 4.99 Å². The van der Waals surface area contributed by atoms with Crippen LogP contribution in [0.25, 0.3) is 0 Å². The first-order chi connectivity index (χ1) is 9.09. The van der Waals surface area contributed by atoms with Crippen LogP contribution in [-0.2, 0) is 4.74 Å². The summed E-state index contributed by atoms with van der Waals surface area (Å²) >= 11 is 0. The van der Waals surface area contributed by atoms with Crippen molar-refractivity contribution in [2.45, 2.75) is 39.5 Å². The Morgan fingerprint density at radius 1 is 1.37 bits per heavy atom. The molecule has 108 valence electrons. The van der Waals surface area contributed by atoms with E-state index in [2.05, 4.69) is 29.8 Å². The second-order valence-corrected chi connectivity index (χ2v) is 6.13. The maximum absolute atomic E-state index is 6.09. The van der Waals surface area contributed by atoms with Gasteiger partial charge in [-0.1, -0.05) is 25.5 Å². The summed E-state index contributed by atoms with van der Waals surface area (Å²) in [5.41, 5.74) is 7.78. The highest BCUT2D eigenvalue weighted by Gasteiger charge is 2.24. The standard InChI is InChI=1S/C15H27N3O/c1-15(2,13-6-4-3-5-7-13)12-17-14(16)18-8-10-19-11-9-18/h6H,3-5,7-12H2,1-2H3,(H2,16,17). The fourth-order valence-electron chi connectivity index (χ4n) is 2.73. The molecule has 0 aromatic rings. The normalized spacial score (nSPS) is 22.3. The highest BCUT2D eigenvalue weighted by Crippen LogP contribution is 2.34. The first-order valence-corrected chi connectivity index (χ1v) is 7.42. The minimum atomic E-state index is 0.136. The molecule has 0 spiro atoms. The van der Waals surface area contributed by atoms with Gasteiger partial charge in [0.15, 0.2) is 5.96 Å². The third kappa shape index (κ3) is 3.96. The van der Waals surface area contributed by atoms with Crippen LogP contribution in [0.3, 0.4) is 0 Å². The van der Waals surface area contributed by atoms with Gasteiger partial charge in [0.25, 0.3) is 0 Å². The number of ether oxygens (including phenoxy) is 1. The molecule has 0 atom stereocenters. The summed E-state index contributed by atoms with van der Waals surface area (Å²) in [5, 5.41) is 0. The maximum Gasteiger partial charge on any atom is 0.191 e. The molecule has 0 aromatic carbocycles. The SMILES string of the molecule is CC(C)(CN=C(N)N1CCOCC1)C1=CCCCC1. The van der Waals surface area contributed by atoms with Crippen molar-refractivity contribution in [3.63, 3.8) is 0 Å². The number of nitrogens with zero attached hydrogens (tertiary/aromatic N) is 2. The van der Waals surface area contributed by atoms with E-state index in [9.17, 15) is 0 Å². The summed E-state index contributed by atoms with van der Waals surface area (Å²) in [6, 6.07) is 0. The number of aliphatic imine (C=N–C) groups is 1. The Labute approximate surface area is 116 Å². The smallest absolute Gasteiger partial charge is 0.191 e.